The summed E-state index contributed by atoms with van der Waals surface area (Å²) in [7, 11) is 0. The van der Waals surface area contributed by atoms with Crippen molar-refractivity contribution in [2.75, 3.05) is 0 Å². The molecule has 0 N–H and O–H groups in total. The third kappa shape index (κ3) is 8.72. The number of ketones is 2. The van der Waals surface area contributed by atoms with Gasteiger partial charge in [-0.2, -0.15) is 0 Å². The van der Waals surface area contributed by atoms with Gasteiger partial charge in [0, 0.05) is 179 Å². The Labute approximate surface area is 719 Å². The van der Waals surface area contributed by atoms with Crippen LogP contribution < -0.4 is 41.4 Å². The number of carbonyl (C=O) groups is 2. The highest BCUT2D eigenvalue weighted by Crippen LogP contribution is 2.64. The van der Waals surface area contributed by atoms with Gasteiger partial charge < -0.3 is 45.8 Å². The molecule has 6 aromatic heterocycles. The summed E-state index contributed by atoms with van der Waals surface area (Å²) in [4.78, 5) is 76.3. The quantitative estimate of drug-likeness (QED) is 0.117. The Morgan fingerprint density at radius 1 is 0.227 bits per heavy atom. The highest BCUT2D eigenvalue weighted by Gasteiger charge is 2.40. The number of aryl methyl sites for hydroxylation is 2. The van der Waals surface area contributed by atoms with E-state index >= 15 is 0 Å². The lowest BCUT2D eigenvalue weighted by Gasteiger charge is -2.30. The summed E-state index contributed by atoms with van der Waals surface area (Å²) in [6.45, 7) is 6.21. The topological polar surface area (TPSA) is 202 Å². The third-order valence-corrected chi connectivity index (χ3v) is 28.4. The van der Waals surface area contributed by atoms with Gasteiger partial charge in [0.15, 0.2) is 11.6 Å². The number of aromatic nitrogens is 2. The number of para-hydroxylation sites is 2. The standard InChI is InChI=1S/C42H28N2O2.C38H14O8.C32H18O4/c1-3-43-29-15-9-7-13-25(29)37-31(43)19-17-27-35-23-11-5-6-12-24(23)36-28-18-20-32-38(26-14-8-10-16-30(26)44(32)4-2)42(28)46-34-22-21-33(45-41(27)37)39(35)40(34)36;39-35-19-9-3-7-17-27(19)21(37(41)45-35)13-25-29(17)31-15-5-1-2-6-16(15)32-30-18-8-4-10-20-28(18)22(38(42)46-36(20)40)14-26(30)44-24-12-11-23(43-25)33(31)34(24)32;33-23-11-9-19-15(23)5-7-21-27-17-3-1-2-4-18(17)28-22-8-6-16-20(10-12-24(16)34)32(22)36-26-14-13-25(35-31(19)21)29(27)30(26)28/h5-22H,3-4H2,1-2H3;1-14H;1-8,13-14H,9-12H2. The minimum absolute atomic E-state index is 0.188. The number of fused-ring (bicyclic) bond motifs is 35. The maximum atomic E-state index is 12.9. The van der Waals surface area contributed by atoms with Gasteiger partial charge in [0.2, 0.25) is 0 Å². The van der Waals surface area contributed by atoms with Crippen LogP contribution in [0.4, 0.5) is 0 Å². The number of hydrogen-bond donors (Lipinski definition) is 0. The molecule has 0 saturated carbocycles. The highest BCUT2D eigenvalue weighted by atomic mass is 16.5. The number of benzene rings is 19. The van der Waals surface area contributed by atoms with Crippen molar-refractivity contribution in [3.8, 4) is 90.5 Å². The van der Waals surface area contributed by atoms with Crippen LogP contribution in [0.25, 0.3) is 240 Å². The molecule has 19 aromatic carbocycles. The van der Waals surface area contributed by atoms with E-state index in [1.165, 1.54) is 65.5 Å². The molecule has 0 radical (unpaired) electrons. The van der Waals surface area contributed by atoms with Crippen molar-refractivity contribution in [2.24, 2.45) is 0 Å². The Hall–Kier alpha value is -16.7. The fourth-order valence-electron chi connectivity index (χ4n) is 23.4. The number of nitrogens with zero attached hydrogens (tertiary/aromatic N) is 2. The number of carbonyl (C=O) groups excluding carboxylic acids is 2. The molecule has 0 fully saturated rings. The van der Waals surface area contributed by atoms with Crippen molar-refractivity contribution in [1.29, 1.82) is 0 Å². The SMILES string of the molecule is CCn1c2ccccc2c2c3c(ccc21)-c1c2ccccc2c2c4c(ccc(c14)O3)Oc1c-2ccc2c1c1ccccc1n2CC.O=C1CCc2c1ccc1c2Oc2ccc3c4c(c5ccccc5c-1c24)-c1ccc2c(c1O3)CCC2=O.O=c1oc(=O)c2cc3oc4ccc5oc6cc7c(=O)oc(=O)c8cccc(c87)c6c6c7ccccc7c(c3c3cccc1c23)c4c56. The van der Waals surface area contributed by atoms with E-state index in [0.29, 0.717) is 80.3 Å². The van der Waals surface area contributed by atoms with Crippen LogP contribution in [0, 0.1) is 0 Å². The fourth-order valence-corrected chi connectivity index (χ4v) is 23.4. The second-order valence-electron chi connectivity index (χ2n) is 34.3. The molecule has 0 unspecified atom stereocenters. The molecule has 602 valence electrons. The lowest BCUT2D eigenvalue weighted by molar-refractivity contribution is 0.0986. The first-order valence-corrected chi connectivity index (χ1v) is 43.3. The summed E-state index contributed by atoms with van der Waals surface area (Å²) in [6.07, 6.45) is 2.50. The lowest BCUT2D eigenvalue weighted by Crippen LogP contribution is -2.12. The Morgan fingerprint density at radius 3 is 0.938 bits per heavy atom. The molecule has 0 saturated heterocycles. The van der Waals surface area contributed by atoms with Gasteiger partial charge >= 0.3 is 22.5 Å². The Morgan fingerprint density at radius 2 is 0.547 bits per heavy atom. The van der Waals surface area contributed by atoms with Gasteiger partial charge in [0.1, 0.15) is 68.3 Å². The Balaban J connectivity index is 0.0000000959. The zero-order valence-electron chi connectivity index (χ0n) is 68.1. The minimum Gasteiger partial charge on any atom is -0.456 e. The molecule has 0 amide bonds. The van der Waals surface area contributed by atoms with Gasteiger partial charge in [-0.15, -0.1) is 0 Å². The minimum atomic E-state index is -0.716. The summed E-state index contributed by atoms with van der Waals surface area (Å²) >= 11 is 0. The summed E-state index contributed by atoms with van der Waals surface area (Å²) in [5.74, 6) is 7.22. The molecule has 10 heterocycles. The maximum absolute atomic E-state index is 12.9. The molecule has 0 bridgehead atoms. The van der Waals surface area contributed by atoms with E-state index in [0.717, 1.165) is 190 Å². The van der Waals surface area contributed by atoms with Crippen LogP contribution in [0.1, 0.15) is 58.5 Å². The van der Waals surface area contributed by atoms with E-state index in [1.54, 1.807) is 36.4 Å². The summed E-state index contributed by atoms with van der Waals surface area (Å²) < 4.78 is 55.3. The van der Waals surface area contributed by atoms with Gasteiger partial charge in [-0.05, 0) is 179 Å². The molecule has 31 rings (SSSR count). The molecule has 0 spiro atoms. The molecular weight excluding hydrogens is 1600 g/mol. The monoisotopic (exact) mass is 1660 g/mol. The van der Waals surface area contributed by atoms with Crippen LogP contribution in [0.15, 0.2) is 292 Å². The predicted molar refractivity (Wildman–Crippen MR) is 506 cm³/mol. The van der Waals surface area contributed by atoms with Crippen molar-refractivity contribution in [2.45, 2.75) is 52.6 Å². The molecule has 0 atom stereocenters. The zero-order valence-corrected chi connectivity index (χ0v) is 68.1. The molecule has 2 aliphatic carbocycles. The van der Waals surface area contributed by atoms with Gasteiger partial charge in [-0.3, -0.25) is 9.59 Å². The molecule has 16 nitrogen and oxygen atoms in total. The largest absolute Gasteiger partial charge is 0.456 e. The van der Waals surface area contributed by atoms with Gasteiger partial charge in [0.05, 0.1) is 43.4 Å². The van der Waals surface area contributed by atoms with E-state index in [2.05, 4.69) is 156 Å². The second kappa shape index (κ2) is 24.6. The molecule has 25 aromatic rings. The smallest absolute Gasteiger partial charge is 0.346 e. The first kappa shape index (κ1) is 69.8. The summed E-state index contributed by atoms with van der Waals surface area (Å²) in [6, 6.07) is 85.7. The summed E-state index contributed by atoms with van der Waals surface area (Å²) in [5.41, 5.74) is 16.8. The van der Waals surface area contributed by atoms with Gasteiger partial charge in [-0.1, -0.05) is 146 Å². The molecule has 16 heteroatoms. The number of rotatable bonds is 2. The zero-order chi connectivity index (χ0) is 84.5. The Kier molecular flexibility index (Phi) is 13.4. The lowest BCUT2D eigenvalue weighted by atomic mass is 9.81. The summed E-state index contributed by atoms with van der Waals surface area (Å²) in [5, 5.41) is 24.3. The van der Waals surface area contributed by atoms with Gasteiger partial charge in [-0.25, -0.2) is 19.2 Å². The van der Waals surface area contributed by atoms with Gasteiger partial charge in [0.25, 0.3) is 0 Å². The molecule has 4 aliphatic heterocycles. The molecule has 128 heavy (non-hydrogen) atoms. The number of Topliss-reactive ketones (excluding diaryl/α,β-unsaturated/α-hetero) is 2. The highest BCUT2D eigenvalue weighted by molar-refractivity contribution is 6.45. The van der Waals surface area contributed by atoms with E-state index in [1.807, 2.05) is 84.9 Å². The van der Waals surface area contributed by atoms with Crippen LogP contribution in [-0.2, 0) is 25.9 Å². The second-order valence-corrected chi connectivity index (χ2v) is 34.3. The van der Waals surface area contributed by atoms with Crippen LogP contribution in [-0.4, -0.2) is 20.7 Å². The van der Waals surface area contributed by atoms with Crippen molar-refractivity contribution in [3.63, 3.8) is 0 Å². The molecular formula is C112H60N2O14. The van der Waals surface area contributed by atoms with Crippen LogP contribution in [0.3, 0.4) is 0 Å². The van der Waals surface area contributed by atoms with E-state index < -0.39 is 22.5 Å². The van der Waals surface area contributed by atoms with Crippen molar-refractivity contribution < 1.29 is 46.2 Å². The van der Waals surface area contributed by atoms with Crippen molar-refractivity contribution in [1.82, 2.24) is 9.13 Å². The van der Waals surface area contributed by atoms with E-state index in [-0.39, 0.29) is 22.3 Å². The average molecular weight is 1660 g/mol. The average Bonchev–Trinajstić information content (AvgIpc) is 0.747. The van der Waals surface area contributed by atoms with Crippen LogP contribution >= 0.6 is 0 Å². The first-order chi connectivity index (χ1) is 62.9. The van der Waals surface area contributed by atoms with E-state index in [9.17, 15) is 28.8 Å². The van der Waals surface area contributed by atoms with Crippen LogP contribution in [0.2, 0.25) is 0 Å². The third-order valence-electron chi connectivity index (χ3n) is 28.4. The Bertz CT molecular complexity index is 9420. The van der Waals surface area contributed by atoms with E-state index in [4.69, 9.17) is 36.6 Å². The molecule has 6 aliphatic rings. The van der Waals surface area contributed by atoms with Crippen LogP contribution in [0.5, 0.6) is 46.0 Å². The fraction of sp³-hybridized carbons (Fsp3) is 0.0714. The maximum Gasteiger partial charge on any atom is 0.346 e. The van der Waals surface area contributed by atoms with Crippen molar-refractivity contribution >= 4 is 207 Å². The predicted octanol–water partition coefficient (Wildman–Crippen LogP) is 27.5. The number of hydrogen-bond acceptors (Lipinski definition) is 14. The van der Waals surface area contributed by atoms with Crippen molar-refractivity contribution in [3.05, 3.63) is 319 Å². The normalized spacial score (nSPS) is 13.7. The first-order valence-electron chi connectivity index (χ1n) is 43.3. The number of ether oxygens (including phenoxy) is 4.